The SMILES string of the molecule is CCCCCCCCCCCCCCCCC(=O)O[C@H](COC(=O)CCCCCCCCCCCCCC)COP(=O)(O)OC[C@@H](O)COP(=O)(O)OC[C@@H](COC(=O)CCCCCCCCCC)OC(=O)CCCCCCCCCCCCCC. The lowest BCUT2D eigenvalue weighted by atomic mass is 10.0. The lowest BCUT2D eigenvalue weighted by molar-refractivity contribution is -0.161. The number of hydrogen-bond donors (Lipinski definition) is 3. The molecule has 3 N–H and O–H groups in total. The summed E-state index contributed by atoms with van der Waals surface area (Å²) in [6.45, 7) is 4.90. The highest BCUT2D eigenvalue weighted by Gasteiger charge is 2.30. The molecule has 0 aromatic carbocycles. The van der Waals surface area contributed by atoms with Crippen LogP contribution in [-0.2, 0) is 65.4 Å². The second-order valence-electron chi connectivity index (χ2n) is 24.2. The van der Waals surface area contributed by atoms with Crippen LogP contribution in [0.2, 0.25) is 0 Å². The largest absolute Gasteiger partial charge is 0.472 e. The summed E-state index contributed by atoms with van der Waals surface area (Å²) in [5, 5.41) is 10.6. The van der Waals surface area contributed by atoms with Gasteiger partial charge in [0.2, 0.25) is 0 Å². The summed E-state index contributed by atoms with van der Waals surface area (Å²) in [7, 11) is -9.89. The van der Waals surface area contributed by atoms with Gasteiger partial charge < -0.3 is 33.8 Å². The molecule has 0 saturated carbocycles. The van der Waals surface area contributed by atoms with Gasteiger partial charge >= 0.3 is 39.5 Å². The van der Waals surface area contributed by atoms with E-state index in [0.717, 1.165) is 96.3 Å². The Hall–Kier alpha value is -1.94. The van der Waals surface area contributed by atoms with Gasteiger partial charge in [0.1, 0.15) is 19.3 Å². The van der Waals surface area contributed by atoms with E-state index in [9.17, 15) is 43.2 Å². The number of esters is 4. The maximum Gasteiger partial charge on any atom is 0.472 e. The Morgan fingerprint density at radius 2 is 0.465 bits per heavy atom. The number of aliphatic hydroxyl groups is 1. The number of phosphoric ester groups is 2. The van der Waals surface area contributed by atoms with Gasteiger partial charge in [-0.25, -0.2) is 9.13 Å². The van der Waals surface area contributed by atoms with Crippen molar-refractivity contribution in [3.8, 4) is 0 Å². The van der Waals surface area contributed by atoms with Crippen LogP contribution in [0.15, 0.2) is 0 Å². The summed E-state index contributed by atoms with van der Waals surface area (Å²) in [5.74, 6) is -2.13. The monoisotopic (exact) mass is 1270 g/mol. The van der Waals surface area contributed by atoms with Crippen molar-refractivity contribution in [3.63, 3.8) is 0 Å². The summed E-state index contributed by atoms with van der Waals surface area (Å²) in [6, 6.07) is 0. The van der Waals surface area contributed by atoms with Crippen LogP contribution in [0, 0.1) is 0 Å². The molecule has 0 aliphatic rings. The van der Waals surface area contributed by atoms with E-state index < -0.39 is 97.5 Å². The Morgan fingerprint density at radius 3 is 0.686 bits per heavy atom. The molecule has 2 unspecified atom stereocenters. The zero-order chi connectivity index (χ0) is 63.3. The summed E-state index contributed by atoms with van der Waals surface area (Å²) in [6.07, 6.45) is 48.4. The second kappa shape index (κ2) is 61.9. The highest BCUT2D eigenvalue weighted by molar-refractivity contribution is 7.47. The average Bonchev–Trinajstić information content (AvgIpc) is 3.67. The Bertz CT molecular complexity index is 1650. The van der Waals surface area contributed by atoms with Crippen LogP contribution < -0.4 is 0 Å². The fourth-order valence-electron chi connectivity index (χ4n) is 10.2. The van der Waals surface area contributed by atoms with E-state index in [0.29, 0.717) is 25.7 Å². The highest BCUT2D eigenvalue weighted by Crippen LogP contribution is 2.45. The first-order valence-electron chi connectivity index (χ1n) is 35.3. The molecule has 0 fully saturated rings. The third-order valence-corrected chi connectivity index (χ3v) is 17.5. The summed E-state index contributed by atoms with van der Waals surface area (Å²) in [4.78, 5) is 72.3. The molecule has 0 rings (SSSR count). The van der Waals surface area contributed by atoms with Crippen molar-refractivity contribution in [2.24, 2.45) is 0 Å². The molecule has 19 heteroatoms. The van der Waals surface area contributed by atoms with E-state index in [1.54, 1.807) is 0 Å². The summed E-state index contributed by atoms with van der Waals surface area (Å²) < 4.78 is 68.1. The highest BCUT2D eigenvalue weighted by atomic mass is 31.2. The van der Waals surface area contributed by atoms with Gasteiger partial charge in [-0.2, -0.15) is 0 Å². The fourth-order valence-corrected chi connectivity index (χ4v) is 11.7. The Balaban J connectivity index is 5.22. The van der Waals surface area contributed by atoms with Crippen molar-refractivity contribution in [1.82, 2.24) is 0 Å². The van der Waals surface area contributed by atoms with Crippen molar-refractivity contribution in [1.29, 1.82) is 0 Å². The minimum atomic E-state index is -4.95. The van der Waals surface area contributed by atoms with Gasteiger partial charge in [0.15, 0.2) is 12.2 Å². The summed E-state index contributed by atoms with van der Waals surface area (Å²) >= 11 is 0. The molecule has 0 aromatic rings. The van der Waals surface area contributed by atoms with Crippen molar-refractivity contribution < 1.29 is 80.2 Å². The second-order valence-corrected chi connectivity index (χ2v) is 27.1. The third-order valence-electron chi connectivity index (χ3n) is 15.6. The van der Waals surface area contributed by atoms with Gasteiger partial charge in [0.05, 0.1) is 26.4 Å². The van der Waals surface area contributed by atoms with Crippen LogP contribution in [0.5, 0.6) is 0 Å². The molecular weight excluding hydrogens is 1140 g/mol. The standard InChI is InChI=1S/C67H130O17P2/c1-5-9-13-17-21-25-28-31-32-35-38-42-46-50-54-67(72)84-63(58-78-65(70)52-48-44-40-36-33-29-26-22-18-14-10-6-2)60-82-86(75,76)80-56-61(68)55-79-85(73,74)81-59-62(57-77-64(69)51-47-43-39-24-20-16-12-8-4)83-66(71)53-49-45-41-37-34-30-27-23-19-15-11-7-3/h61-63,68H,5-60H2,1-4H3,(H,73,74)(H,75,76)/t61-,62+,63+/m0/s1. The lowest BCUT2D eigenvalue weighted by Crippen LogP contribution is -2.30. The molecule has 0 heterocycles. The van der Waals surface area contributed by atoms with Gasteiger partial charge in [-0.15, -0.1) is 0 Å². The smallest absolute Gasteiger partial charge is 0.462 e. The van der Waals surface area contributed by atoms with Gasteiger partial charge in [0.25, 0.3) is 0 Å². The Labute approximate surface area is 524 Å². The molecule has 0 radical (unpaired) electrons. The minimum Gasteiger partial charge on any atom is -0.462 e. The maximum atomic E-state index is 13.0. The Morgan fingerprint density at radius 1 is 0.279 bits per heavy atom. The maximum absolute atomic E-state index is 13.0. The first kappa shape index (κ1) is 84.1. The number of phosphoric acid groups is 2. The lowest BCUT2D eigenvalue weighted by Gasteiger charge is -2.21. The minimum absolute atomic E-state index is 0.108. The van der Waals surface area contributed by atoms with Gasteiger partial charge in [0, 0.05) is 25.7 Å². The predicted octanol–water partition coefficient (Wildman–Crippen LogP) is 19.1. The topological polar surface area (TPSA) is 237 Å². The number of aliphatic hydroxyl groups excluding tert-OH is 1. The third kappa shape index (κ3) is 60.9. The van der Waals surface area contributed by atoms with Crippen molar-refractivity contribution in [3.05, 3.63) is 0 Å². The van der Waals surface area contributed by atoms with E-state index in [-0.39, 0.29) is 25.7 Å². The van der Waals surface area contributed by atoms with Gasteiger partial charge in [-0.3, -0.25) is 37.3 Å². The Kier molecular flexibility index (Phi) is 60.5. The van der Waals surface area contributed by atoms with E-state index in [2.05, 4.69) is 27.7 Å². The van der Waals surface area contributed by atoms with Crippen molar-refractivity contribution in [2.45, 2.75) is 367 Å². The molecule has 5 atom stereocenters. The first-order valence-corrected chi connectivity index (χ1v) is 38.3. The number of carbonyl (C=O) groups is 4. The van der Waals surface area contributed by atoms with Crippen molar-refractivity contribution >= 4 is 39.5 Å². The number of unbranched alkanes of at least 4 members (excludes halogenated alkanes) is 42. The van der Waals surface area contributed by atoms with Crippen LogP contribution >= 0.6 is 15.6 Å². The van der Waals surface area contributed by atoms with Gasteiger partial charge in [-0.05, 0) is 25.7 Å². The molecule has 0 aromatic heterocycles. The molecule has 17 nitrogen and oxygen atoms in total. The molecule has 0 spiro atoms. The van der Waals surface area contributed by atoms with E-state index in [1.807, 2.05) is 0 Å². The van der Waals surface area contributed by atoms with Crippen LogP contribution in [0.4, 0.5) is 0 Å². The van der Waals surface area contributed by atoms with Crippen molar-refractivity contribution in [2.75, 3.05) is 39.6 Å². The molecule has 0 aliphatic carbocycles. The van der Waals surface area contributed by atoms with E-state index >= 15 is 0 Å². The van der Waals surface area contributed by atoms with Crippen LogP contribution in [0.3, 0.4) is 0 Å². The first-order chi connectivity index (χ1) is 41.7. The zero-order valence-electron chi connectivity index (χ0n) is 55.3. The number of rotatable bonds is 68. The molecule has 86 heavy (non-hydrogen) atoms. The fraction of sp³-hybridized carbons (Fsp3) is 0.940. The van der Waals surface area contributed by atoms with E-state index in [1.165, 1.54) is 173 Å². The molecule has 510 valence electrons. The van der Waals surface area contributed by atoms with Crippen LogP contribution in [-0.4, -0.2) is 96.7 Å². The average molecular weight is 1270 g/mol. The predicted molar refractivity (Wildman–Crippen MR) is 345 cm³/mol. The molecule has 0 saturated heterocycles. The number of hydrogen-bond acceptors (Lipinski definition) is 15. The van der Waals surface area contributed by atoms with Gasteiger partial charge in [-0.1, -0.05) is 297 Å². The quantitative estimate of drug-likeness (QED) is 0.0222. The normalized spacial score (nSPS) is 14.1. The van der Waals surface area contributed by atoms with E-state index in [4.69, 9.17) is 37.0 Å². The van der Waals surface area contributed by atoms with Crippen LogP contribution in [0.25, 0.3) is 0 Å². The zero-order valence-corrected chi connectivity index (χ0v) is 57.1. The molecule has 0 aliphatic heterocycles. The number of ether oxygens (including phenoxy) is 4. The summed E-state index contributed by atoms with van der Waals surface area (Å²) in [5.41, 5.74) is 0. The number of carbonyl (C=O) groups excluding carboxylic acids is 4. The van der Waals surface area contributed by atoms with Crippen LogP contribution in [0.1, 0.15) is 349 Å². The molecular formula is C67H130O17P2. The molecule has 0 amide bonds. The molecule has 0 bridgehead atoms.